The summed E-state index contributed by atoms with van der Waals surface area (Å²) in [6.07, 6.45) is 2.81. The summed E-state index contributed by atoms with van der Waals surface area (Å²) in [7, 11) is 0. The van der Waals surface area contributed by atoms with Crippen molar-refractivity contribution < 1.29 is 0 Å². The van der Waals surface area contributed by atoms with Gasteiger partial charge in [-0.1, -0.05) is 6.07 Å². The lowest BCUT2D eigenvalue weighted by Gasteiger charge is -2.43. The maximum atomic E-state index is 3.73. The Balaban J connectivity index is 1.79. The average Bonchev–Trinajstić information content (AvgIpc) is 3.13. The van der Waals surface area contributed by atoms with Gasteiger partial charge in [0, 0.05) is 34.4 Å². The van der Waals surface area contributed by atoms with Gasteiger partial charge in [-0.2, -0.15) is 0 Å². The fourth-order valence-corrected chi connectivity index (χ4v) is 3.42. The van der Waals surface area contributed by atoms with Crippen molar-refractivity contribution in [1.29, 1.82) is 0 Å². The molecule has 2 nitrogen and oxygen atoms in total. The van der Waals surface area contributed by atoms with E-state index >= 15 is 0 Å². The summed E-state index contributed by atoms with van der Waals surface area (Å²) in [6.45, 7) is 5.78. The first-order valence-electron chi connectivity index (χ1n) is 6.43. The molecule has 3 rings (SSSR count). The quantitative estimate of drug-likeness (QED) is 0.832. The van der Waals surface area contributed by atoms with Crippen molar-refractivity contribution in [3.8, 4) is 0 Å². The Morgan fingerprint density at radius 2 is 2.24 bits per heavy atom. The van der Waals surface area contributed by atoms with Crippen LogP contribution in [-0.2, 0) is 0 Å². The molecular weight excluding hydrogens is 323 g/mol. The second-order valence-corrected chi connectivity index (χ2v) is 6.77. The van der Waals surface area contributed by atoms with E-state index in [2.05, 4.69) is 64.0 Å². The Hall–Kier alpha value is -0.290. The molecule has 0 radical (unpaired) electrons. The first-order chi connectivity index (χ1) is 8.17. The second kappa shape index (κ2) is 4.43. The molecule has 2 fully saturated rings. The molecule has 17 heavy (non-hydrogen) atoms. The van der Waals surface area contributed by atoms with Gasteiger partial charge >= 0.3 is 0 Å². The van der Waals surface area contributed by atoms with Crippen LogP contribution in [0.5, 0.6) is 0 Å². The van der Waals surface area contributed by atoms with Crippen molar-refractivity contribution in [2.75, 3.05) is 24.5 Å². The molecule has 1 aliphatic heterocycles. The van der Waals surface area contributed by atoms with Gasteiger partial charge in [0.15, 0.2) is 0 Å². The van der Waals surface area contributed by atoms with Gasteiger partial charge in [-0.3, -0.25) is 0 Å². The number of benzene rings is 1. The predicted octanol–water partition coefficient (Wildman–Crippen LogP) is 2.87. The van der Waals surface area contributed by atoms with E-state index in [1.54, 1.807) is 0 Å². The standard InChI is InChI=1S/C14H19IN2/c1-14(11-5-6-11)10-17(8-7-16-14)13-4-2-3-12(15)9-13/h2-4,9,11,16H,5-8,10H2,1H3. The van der Waals surface area contributed by atoms with Crippen LogP contribution in [0.2, 0.25) is 0 Å². The van der Waals surface area contributed by atoms with Crippen LogP contribution in [0.4, 0.5) is 5.69 Å². The van der Waals surface area contributed by atoms with E-state index in [-0.39, 0.29) is 0 Å². The van der Waals surface area contributed by atoms with Crippen LogP contribution in [0, 0.1) is 9.49 Å². The van der Waals surface area contributed by atoms with E-state index in [1.807, 2.05) is 0 Å². The van der Waals surface area contributed by atoms with E-state index in [1.165, 1.54) is 22.1 Å². The van der Waals surface area contributed by atoms with Crippen LogP contribution < -0.4 is 10.2 Å². The van der Waals surface area contributed by atoms with E-state index < -0.39 is 0 Å². The summed E-state index contributed by atoms with van der Waals surface area (Å²) in [6, 6.07) is 8.85. The number of hydrogen-bond acceptors (Lipinski definition) is 2. The summed E-state index contributed by atoms with van der Waals surface area (Å²) in [5, 5.41) is 3.73. The first-order valence-corrected chi connectivity index (χ1v) is 7.51. The Bertz CT molecular complexity index is 416. The van der Waals surface area contributed by atoms with Crippen LogP contribution in [0.25, 0.3) is 0 Å². The third-order valence-electron chi connectivity index (χ3n) is 4.08. The Morgan fingerprint density at radius 1 is 1.41 bits per heavy atom. The minimum Gasteiger partial charge on any atom is -0.368 e. The lowest BCUT2D eigenvalue weighted by Crippen LogP contribution is -2.60. The molecule has 3 heteroatoms. The van der Waals surface area contributed by atoms with Crippen molar-refractivity contribution in [2.45, 2.75) is 25.3 Å². The smallest absolute Gasteiger partial charge is 0.0377 e. The van der Waals surface area contributed by atoms with Gasteiger partial charge in [-0.05, 0) is 66.5 Å². The van der Waals surface area contributed by atoms with Gasteiger partial charge in [0.05, 0.1) is 0 Å². The molecule has 2 aliphatic rings. The molecule has 1 aliphatic carbocycles. The highest BCUT2D eigenvalue weighted by Crippen LogP contribution is 2.41. The minimum absolute atomic E-state index is 0.333. The number of halogens is 1. The minimum atomic E-state index is 0.333. The molecule has 0 bridgehead atoms. The zero-order valence-electron chi connectivity index (χ0n) is 10.2. The molecule has 0 spiro atoms. The monoisotopic (exact) mass is 342 g/mol. The van der Waals surface area contributed by atoms with E-state index in [9.17, 15) is 0 Å². The van der Waals surface area contributed by atoms with E-state index in [0.29, 0.717) is 5.54 Å². The fraction of sp³-hybridized carbons (Fsp3) is 0.571. The lowest BCUT2D eigenvalue weighted by molar-refractivity contribution is 0.285. The number of hydrogen-bond donors (Lipinski definition) is 1. The average molecular weight is 342 g/mol. The fourth-order valence-electron chi connectivity index (χ4n) is 2.89. The first kappa shape index (κ1) is 11.8. The van der Waals surface area contributed by atoms with E-state index in [4.69, 9.17) is 0 Å². The third kappa shape index (κ3) is 2.45. The molecule has 1 saturated heterocycles. The van der Waals surface area contributed by atoms with Crippen LogP contribution in [-0.4, -0.2) is 25.2 Å². The normalized spacial score (nSPS) is 29.4. The molecule has 1 N–H and O–H groups in total. The van der Waals surface area contributed by atoms with Gasteiger partial charge in [-0.15, -0.1) is 0 Å². The summed E-state index contributed by atoms with van der Waals surface area (Å²) >= 11 is 2.39. The molecule has 1 saturated carbocycles. The Kier molecular flexibility index (Phi) is 3.07. The van der Waals surface area contributed by atoms with Gasteiger partial charge in [0.2, 0.25) is 0 Å². The number of nitrogens with one attached hydrogen (secondary N) is 1. The van der Waals surface area contributed by atoms with Gasteiger partial charge < -0.3 is 10.2 Å². The van der Waals surface area contributed by atoms with Crippen molar-refractivity contribution in [2.24, 2.45) is 5.92 Å². The molecule has 0 aromatic heterocycles. The lowest BCUT2D eigenvalue weighted by atomic mass is 9.92. The van der Waals surface area contributed by atoms with E-state index in [0.717, 1.165) is 25.6 Å². The summed E-state index contributed by atoms with van der Waals surface area (Å²) in [5.74, 6) is 0.896. The Morgan fingerprint density at radius 3 is 2.94 bits per heavy atom. The zero-order chi connectivity index (χ0) is 11.9. The van der Waals surface area contributed by atoms with Crippen molar-refractivity contribution in [1.82, 2.24) is 5.32 Å². The zero-order valence-corrected chi connectivity index (χ0v) is 12.4. The maximum absolute atomic E-state index is 3.73. The predicted molar refractivity (Wildman–Crippen MR) is 80.5 cm³/mol. The molecule has 92 valence electrons. The van der Waals surface area contributed by atoms with Gasteiger partial charge in [0.25, 0.3) is 0 Å². The summed E-state index contributed by atoms with van der Waals surface area (Å²) in [5.41, 5.74) is 1.71. The summed E-state index contributed by atoms with van der Waals surface area (Å²) in [4.78, 5) is 2.54. The van der Waals surface area contributed by atoms with Gasteiger partial charge in [0.1, 0.15) is 0 Å². The van der Waals surface area contributed by atoms with Crippen molar-refractivity contribution in [3.05, 3.63) is 27.8 Å². The van der Waals surface area contributed by atoms with Gasteiger partial charge in [-0.25, -0.2) is 0 Å². The van der Waals surface area contributed by atoms with Crippen LogP contribution in [0.3, 0.4) is 0 Å². The van der Waals surface area contributed by atoms with Crippen LogP contribution >= 0.6 is 22.6 Å². The molecule has 1 aromatic rings. The second-order valence-electron chi connectivity index (χ2n) is 5.52. The maximum Gasteiger partial charge on any atom is 0.0377 e. The highest BCUT2D eigenvalue weighted by Gasteiger charge is 2.43. The number of anilines is 1. The van der Waals surface area contributed by atoms with Crippen LogP contribution in [0.1, 0.15) is 19.8 Å². The SMILES string of the molecule is CC1(C2CC2)CN(c2cccc(I)c2)CCN1. The van der Waals surface area contributed by atoms with Crippen molar-refractivity contribution >= 4 is 28.3 Å². The third-order valence-corrected chi connectivity index (χ3v) is 4.75. The molecule has 1 heterocycles. The molecular formula is C14H19IN2. The topological polar surface area (TPSA) is 15.3 Å². The van der Waals surface area contributed by atoms with Crippen molar-refractivity contribution in [3.63, 3.8) is 0 Å². The highest BCUT2D eigenvalue weighted by molar-refractivity contribution is 14.1. The largest absolute Gasteiger partial charge is 0.368 e. The van der Waals surface area contributed by atoms with Crippen LogP contribution in [0.15, 0.2) is 24.3 Å². The number of rotatable bonds is 2. The number of piperazine rings is 1. The highest BCUT2D eigenvalue weighted by atomic mass is 127. The number of nitrogens with zero attached hydrogens (tertiary/aromatic N) is 1. The summed E-state index contributed by atoms with van der Waals surface area (Å²) < 4.78 is 1.33. The molecule has 1 aromatic carbocycles. The molecule has 1 unspecified atom stereocenters. The molecule has 0 amide bonds. The Labute approximate surface area is 117 Å². The molecule has 1 atom stereocenters.